The molecular weight excluding hydrogens is 282 g/mol. The predicted octanol–water partition coefficient (Wildman–Crippen LogP) is 2.25. The van der Waals surface area contributed by atoms with Gasteiger partial charge >= 0.3 is 12.0 Å². The van der Waals surface area contributed by atoms with Crippen LogP contribution in [0, 0.1) is 0 Å². The van der Waals surface area contributed by atoms with Gasteiger partial charge in [-0.15, -0.1) is 4.98 Å². The average molecular weight is 296 g/mol. The third-order valence-corrected chi connectivity index (χ3v) is 2.56. The monoisotopic (exact) mass is 295 g/mol. The second-order valence-corrected chi connectivity index (χ2v) is 4.12. The van der Waals surface area contributed by atoms with E-state index in [1.54, 1.807) is 6.07 Å². The first kappa shape index (κ1) is 14.5. The molecule has 20 heavy (non-hydrogen) atoms. The molecule has 0 aliphatic rings. The maximum atomic E-state index is 9.03. The lowest BCUT2D eigenvalue weighted by molar-refractivity contribution is 0.294. The van der Waals surface area contributed by atoms with Crippen molar-refractivity contribution in [3.8, 4) is 17.8 Å². The Morgan fingerprint density at radius 3 is 2.65 bits per heavy atom. The van der Waals surface area contributed by atoms with Crippen LogP contribution in [0.1, 0.15) is 12.5 Å². The Hall–Kier alpha value is -1.92. The maximum Gasteiger partial charge on any atom is 0.329 e. The van der Waals surface area contributed by atoms with Crippen molar-refractivity contribution in [3.63, 3.8) is 0 Å². The second kappa shape index (κ2) is 7.02. The van der Waals surface area contributed by atoms with Gasteiger partial charge < -0.3 is 14.6 Å². The Bertz CT molecular complexity index is 581. The van der Waals surface area contributed by atoms with Crippen molar-refractivity contribution in [1.29, 1.82) is 0 Å². The molecule has 7 heteroatoms. The second-order valence-electron chi connectivity index (χ2n) is 3.79. The van der Waals surface area contributed by atoms with Crippen LogP contribution >= 0.6 is 11.6 Å². The topological polar surface area (TPSA) is 77.4 Å². The van der Waals surface area contributed by atoms with Crippen molar-refractivity contribution < 1.29 is 14.6 Å². The number of aliphatic hydroxyl groups is 1. The average Bonchev–Trinajstić information content (AvgIpc) is 2.41. The lowest BCUT2D eigenvalue weighted by Crippen LogP contribution is -2.02. The molecule has 0 aliphatic heterocycles. The molecule has 1 aromatic carbocycles. The lowest BCUT2D eigenvalue weighted by atomic mass is 10.1. The van der Waals surface area contributed by atoms with Crippen molar-refractivity contribution in [2.24, 2.45) is 0 Å². The SMILES string of the molecule is CCOc1nc(Cl)nc(Oc2ccccc2CCO)n1. The van der Waals surface area contributed by atoms with Crippen molar-refractivity contribution >= 4 is 11.6 Å². The number of nitrogens with zero attached hydrogens (tertiary/aromatic N) is 3. The van der Waals surface area contributed by atoms with Crippen LogP contribution in [0.15, 0.2) is 24.3 Å². The highest BCUT2D eigenvalue weighted by molar-refractivity contribution is 6.28. The Kier molecular flexibility index (Phi) is 5.09. The summed E-state index contributed by atoms with van der Waals surface area (Å²) in [5.41, 5.74) is 0.851. The molecule has 0 saturated heterocycles. The van der Waals surface area contributed by atoms with E-state index >= 15 is 0 Å². The lowest BCUT2D eigenvalue weighted by Gasteiger charge is -2.09. The number of benzene rings is 1. The van der Waals surface area contributed by atoms with E-state index in [-0.39, 0.29) is 23.9 Å². The fourth-order valence-electron chi connectivity index (χ4n) is 1.58. The van der Waals surface area contributed by atoms with Crippen LogP contribution in [0.25, 0.3) is 0 Å². The first-order valence-corrected chi connectivity index (χ1v) is 6.51. The van der Waals surface area contributed by atoms with Gasteiger partial charge in [0.1, 0.15) is 5.75 Å². The molecule has 0 aliphatic carbocycles. The summed E-state index contributed by atoms with van der Waals surface area (Å²) < 4.78 is 10.8. The van der Waals surface area contributed by atoms with Crippen LogP contribution in [-0.4, -0.2) is 33.3 Å². The number of halogens is 1. The zero-order valence-electron chi connectivity index (χ0n) is 10.9. The first-order valence-electron chi connectivity index (χ1n) is 6.14. The molecule has 0 bridgehead atoms. The zero-order valence-corrected chi connectivity index (χ0v) is 11.7. The molecule has 0 fully saturated rings. The smallest absolute Gasteiger partial charge is 0.329 e. The third-order valence-electron chi connectivity index (χ3n) is 2.40. The molecule has 1 aromatic heterocycles. The van der Waals surface area contributed by atoms with Crippen molar-refractivity contribution in [2.45, 2.75) is 13.3 Å². The first-order chi connectivity index (χ1) is 9.72. The summed E-state index contributed by atoms with van der Waals surface area (Å²) >= 11 is 5.79. The van der Waals surface area contributed by atoms with Crippen LogP contribution in [0.4, 0.5) is 0 Å². The van der Waals surface area contributed by atoms with Crippen LogP contribution in [-0.2, 0) is 6.42 Å². The Balaban J connectivity index is 2.25. The normalized spacial score (nSPS) is 10.3. The molecule has 2 rings (SSSR count). The van der Waals surface area contributed by atoms with Gasteiger partial charge in [-0.3, -0.25) is 0 Å². The van der Waals surface area contributed by atoms with E-state index in [0.29, 0.717) is 18.8 Å². The van der Waals surface area contributed by atoms with Gasteiger partial charge in [-0.05, 0) is 36.6 Å². The van der Waals surface area contributed by atoms with E-state index in [1.807, 2.05) is 25.1 Å². The van der Waals surface area contributed by atoms with Crippen molar-refractivity contribution in [1.82, 2.24) is 15.0 Å². The van der Waals surface area contributed by atoms with Crippen molar-refractivity contribution in [3.05, 3.63) is 35.1 Å². The van der Waals surface area contributed by atoms with Gasteiger partial charge in [0.25, 0.3) is 0 Å². The quantitative estimate of drug-likeness (QED) is 0.881. The van der Waals surface area contributed by atoms with Gasteiger partial charge in [0.2, 0.25) is 5.28 Å². The minimum atomic E-state index is -0.00177. The number of ether oxygens (including phenoxy) is 2. The molecule has 1 heterocycles. The summed E-state index contributed by atoms with van der Waals surface area (Å²) in [7, 11) is 0. The minimum Gasteiger partial charge on any atom is -0.464 e. The highest BCUT2D eigenvalue weighted by atomic mass is 35.5. The molecule has 6 nitrogen and oxygen atoms in total. The maximum absolute atomic E-state index is 9.03. The molecule has 0 radical (unpaired) electrons. The molecule has 0 unspecified atom stereocenters. The van der Waals surface area contributed by atoms with Gasteiger partial charge in [-0.25, -0.2) is 0 Å². The van der Waals surface area contributed by atoms with Crippen molar-refractivity contribution in [2.75, 3.05) is 13.2 Å². The highest BCUT2D eigenvalue weighted by Gasteiger charge is 2.10. The van der Waals surface area contributed by atoms with Gasteiger partial charge in [-0.2, -0.15) is 9.97 Å². The third kappa shape index (κ3) is 3.79. The molecule has 0 spiro atoms. The number of para-hydroxylation sites is 1. The zero-order chi connectivity index (χ0) is 14.4. The van der Waals surface area contributed by atoms with Gasteiger partial charge in [0.05, 0.1) is 6.61 Å². The Labute approximate surface area is 121 Å². The minimum absolute atomic E-state index is 0.00177. The number of hydrogen-bond donors (Lipinski definition) is 1. The summed E-state index contributed by atoms with van der Waals surface area (Å²) in [4.78, 5) is 11.7. The fourth-order valence-corrected chi connectivity index (χ4v) is 1.73. The van der Waals surface area contributed by atoms with E-state index in [2.05, 4.69) is 15.0 Å². The van der Waals surface area contributed by atoms with Crippen LogP contribution < -0.4 is 9.47 Å². The van der Waals surface area contributed by atoms with E-state index < -0.39 is 0 Å². The molecule has 0 amide bonds. The number of aromatic nitrogens is 3. The Morgan fingerprint density at radius 2 is 1.90 bits per heavy atom. The van der Waals surface area contributed by atoms with Crippen LogP contribution in [0.3, 0.4) is 0 Å². The molecule has 0 saturated carbocycles. The van der Waals surface area contributed by atoms with E-state index in [4.69, 9.17) is 26.2 Å². The number of rotatable bonds is 6. The van der Waals surface area contributed by atoms with Gasteiger partial charge in [0.15, 0.2) is 0 Å². The largest absolute Gasteiger partial charge is 0.464 e. The van der Waals surface area contributed by atoms with Crippen LogP contribution in [0.2, 0.25) is 5.28 Å². The Morgan fingerprint density at radius 1 is 1.15 bits per heavy atom. The van der Waals surface area contributed by atoms with Gasteiger partial charge in [0, 0.05) is 6.61 Å². The summed E-state index contributed by atoms with van der Waals surface area (Å²) in [6.07, 6.45) is 0.479. The summed E-state index contributed by atoms with van der Waals surface area (Å²) in [5, 5.41) is 9.03. The molecule has 0 atom stereocenters. The van der Waals surface area contributed by atoms with E-state index in [9.17, 15) is 0 Å². The van der Waals surface area contributed by atoms with E-state index in [1.165, 1.54) is 0 Å². The summed E-state index contributed by atoms with van der Waals surface area (Å²) in [5.74, 6) is 0.561. The predicted molar refractivity (Wildman–Crippen MR) is 73.3 cm³/mol. The van der Waals surface area contributed by atoms with Gasteiger partial charge in [-0.1, -0.05) is 18.2 Å². The number of aliphatic hydroxyl groups excluding tert-OH is 1. The highest BCUT2D eigenvalue weighted by Crippen LogP contribution is 2.24. The molecular formula is C13H14ClN3O3. The summed E-state index contributed by atoms with van der Waals surface area (Å²) in [6.45, 7) is 2.26. The molecule has 2 aromatic rings. The standard InChI is InChI=1S/C13H14ClN3O3/c1-2-19-12-15-11(14)16-13(17-12)20-10-6-4-3-5-9(10)7-8-18/h3-6,18H,2,7-8H2,1H3. The fraction of sp³-hybridized carbons (Fsp3) is 0.308. The van der Waals surface area contributed by atoms with E-state index in [0.717, 1.165) is 5.56 Å². The van der Waals surface area contributed by atoms with Crippen LogP contribution in [0.5, 0.6) is 17.8 Å². The molecule has 1 N–H and O–H groups in total. The number of hydrogen-bond acceptors (Lipinski definition) is 6. The summed E-state index contributed by atoms with van der Waals surface area (Å²) in [6, 6.07) is 7.48. The molecule has 106 valence electrons.